The molecule has 0 saturated heterocycles. The molecule has 0 saturated carbocycles. The van der Waals surface area contributed by atoms with Crippen molar-refractivity contribution in [3.63, 3.8) is 0 Å². The number of rotatable bonds is 2. The molecule has 0 fully saturated rings. The van der Waals surface area contributed by atoms with Crippen LogP contribution in [0.3, 0.4) is 0 Å². The molecule has 20 heavy (non-hydrogen) atoms. The summed E-state index contributed by atoms with van der Waals surface area (Å²) in [5.74, 6) is 1.35. The van der Waals surface area contributed by atoms with Crippen LogP contribution in [-0.4, -0.2) is 12.6 Å². The number of hydrogen-bond donors (Lipinski definition) is 0. The second kappa shape index (κ2) is 4.30. The molecule has 0 N–H and O–H groups in total. The predicted molar refractivity (Wildman–Crippen MR) is 75.9 cm³/mol. The molecule has 0 atom stereocenters. The molecule has 100 valence electrons. The van der Waals surface area contributed by atoms with Crippen LogP contribution in [-0.2, 0) is 5.41 Å². The summed E-state index contributed by atoms with van der Waals surface area (Å²) in [6.45, 7) is 4.01. The largest absolute Gasteiger partial charge is 0.457 e. The first-order chi connectivity index (χ1) is 9.59. The van der Waals surface area contributed by atoms with Crippen LogP contribution in [0.4, 0.5) is 0 Å². The summed E-state index contributed by atoms with van der Waals surface area (Å²) < 4.78 is 5.88. The molecule has 3 nitrogen and oxygen atoms in total. The van der Waals surface area contributed by atoms with Gasteiger partial charge in [-0.05, 0) is 12.1 Å². The first kappa shape index (κ1) is 12.6. The standard InChI is InChI=1S/C17H14O3/c1-17(2)15-11(9-18)5-3-7-13(15)20-14-8-4-6-12(10-19)16(14)17/h3-10H,1-2H3. The van der Waals surface area contributed by atoms with Gasteiger partial charge in [0.2, 0.25) is 0 Å². The summed E-state index contributed by atoms with van der Waals surface area (Å²) in [5.41, 5.74) is 2.39. The highest BCUT2D eigenvalue weighted by Crippen LogP contribution is 2.49. The molecule has 0 bridgehead atoms. The number of hydrogen-bond acceptors (Lipinski definition) is 3. The molecule has 2 aromatic carbocycles. The Labute approximate surface area is 117 Å². The van der Waals surface area contributed by atoms with Crippen molar-refractivity contribution >= 4 is 12.6 Å². The molecule has 0 radical (unpaired) electrons. The minimum absolute atomic E-state index is 0.460. The molecule has 1 heterocycles. The van der Waals surface area contributed by atoms with Crippen LogP contribution in [0.1, 0.15) is 45.7 Å². The van der Waals surface area contributed by atoms with Gasteiger partial charge in [-0.15, -0.1) is 0 Å². The molecule has 0 unspecified atom stereocenters. The van der Waals surface area contributed by atoms with Crippen LogP contribution in [0.2, 0.25) is 0 Å². The summed E-state index contributed by atoms with van der Waals surface area (Å²) in [6.07, 6.45) is 1.66. The van der Waals surface area contributed by atoms with Gasteiger partial charge in [0, 0.05) is 27.7 Å². The second-order valence-electron chi connectivity index (χ2n) is 5.40. The molecule has 1 aliphatic heterocycles. The monoisotopic (exact) mass is 266 g/mol. The zero-order chi connectivity index (χ0) is 14.3. The van der Waals surface area contributed by atoms with E-state index in [1.807, 2.05) is 26.0 Å². The van der Waals surface area contributed by atoms with Crippen LogP contribution < -0.4 is 4.74 Å². The normalized spacial score (nSPS) is 14.7. The lowest BCUT2D eigenvalue weighted by Crippen LogP contribution is -2.27. The lowest BCUT2D eigenvalue weighted by molar-refractivity contribution is 0.111. The first-order valence-corrected chi connectivity index (χ1v) is 6.45. The first-order valence-electron chi connectivity index (χ1n) is 6.45. The summed E-state index contributed by atoms with van der Waals surface area (Å²) in [7, 11) is 0. The molecule has 0 spiro atoms. The zero-order valence-corrected chi connectivity index (χ0v) is 11.3. The summed E-state index contributed by atoms with van der Waals surface area (Å²) in [4.78, 5) is 22.6. The molecule has 3 heteroatoms. The van der Waals surface area contributed by atoms with E-state index < -0.39 is 5.41 Å². The number of benzene rings is 2. The van der Waals surface area contributed by atoms with Gasteiger partial charge in [0.05, 0.1) is 0 Å². The fourth-order valence-corrected chi connectivity index (χ4v) is 3.04. The number of carbonyl (C=O) groups excluding carboxylic acids is 2. The quantitative estimate of drug-likeness (QED) is 0.778. The fourth-order valence-electron chi connectivity index (χ4n) is 3.04. The average Bonchev–Trinajstić information content (AvgIpc) is 2.45. The fraction of sp³-hybridized carbons (Fsp3) is 0.176. The minimum atomic E-state index is -0.460. The van der Waals surface area contributed by atoms with E-state index in [1.54, 1.807) is 24.3 Å². The Morgan fingerprint density at radius 1 is 0.850 bits per heavy atom. The molecule has 0 aliphatic carbocycles. The van der Waals surface area contributed by atoms with Gasteiger partial charge in [0.15, 0.2) is 0 Å². The predicted octanol–water partition coefficient (Wildman–Crippen LogP) is 3.74. The van der Waals surface area contributed by atoms with E-state index in [0.717, 1.165) is 23.7 Å². The van der Waals surface area contributed by atoms with Gasteiger partial charge in [-0.25, -0.2) is 0 Å². The topological polar surface area (TPSA) is 43.4 Å². The van der Waals surface area contributed by atoms with Crippen molar-refractivity contribution < 1.29 is 14.3 Å². The Morgan fingerprint density at radius 2 is 1.30 bits per heavy atom. The third-order valence-electron chi connectivity index (χ3n) is 3.84. The van der Waals surface area contributed by atoms with E-state index in [4.69, 9.17) is 4.74 Å². The number of carbonyl (C=O) groups is 2. The highest BCUT2D eigenvalue weighted by atomic mass is 16.5. The van der Waals surface area contributed by atoms with Gasteiger partial charge in [0.1, 0.15) is 24.1 Å². The summed E-state index contributed by atoms with van der Waals surface area (Å²) in [5, 5.41) is 0. The lowest BCUT2D eigenvalue weighted by atomic mass is 9.72. The van der Waals surface area contributed by atoms with E-state index in [0.29, 0.717) is 22.6 Å². The van der Waals surface area contributed by atoms with E-state index in [9.17, 15) is 9.59 Å². The molecule has 0 amide bonds. The summed E-state index contributed by atoms with van der Waals surface area (Å²) >= 11 is 0. The zero-order valence-electron chi connectivity index (χ0n) is 11.3. The molecule has 1 aliphatic rings. The molecule has 2 aromatic rings. The third-order valence-corrected chi connectivity index (χ3v) is 3.84. The third kappa shape index (κ3) is 1.59. The van der Waals surface area contributed by atoms with Crippen molar-refractivity contribution in [1.29, 1.82) is 0 Å². The van der Waals surface area contributed by atoms with Gasteiger partial charge < -0.3 is 4.74 Å². The Balaban J connectivity index is 2.36. The Hall–Kier alpha value is -2.42. The van der Waals surface area contributed by atoms with E-state index in [-0.39, 0.29) is 0 Å². The smallest absolute Gasteiger partial charge is 0.150 e. The summed E-state index contributed by atoms with van der Waals surface area (Å²) in [6, 6.07) is 10.8. The van der Waals surface area contributed by atoms with Crippen LogP contribution in [0.15, 0.2) is 36.4 Å². The maximum absolute atomic E-state index is 11.3. The Morgan fingerprint density at radius 3 is 1.70 bits per heavy atom. The van der Waals surface area contributed by atoms with E-state index >= 15 is 0 Å². The van der Waals surface area contributed by atoms with Gasteiger partial charge >= 0.3 is 0 Å². The van der Waals surface area contributed by atoms with E-state index in [2.05, 4.69) is 0 Å². The lowest BCUT2D eigenvalue weighted by Gasteiger charge is -2.36. The second-order valence-corrected chi connectivity index (χ2v) is 5.40. The van der Waals surface area contributed by atoms with Crippen molar-refractivity contribution in [2.75, 3.05) is 0 Å². The van der Waals surface area contributed by atoms with Crippen molar-refractivity contribution in [2.45, 2.75) is 19.3 Å². The van der Waals surface area contributed by atoms with Crippen LogP contribution >= 0.6 is 0 Å². The van der Waals surface area contributed by atoms with Crippen molar-refractivity contribution in [3.05, 3.63) is 58.7 Å². The van der Waals surface area contributed by atoms with Gasteiger partial charge in [-0.1, -0.05) is 38.1 Å². The van der Waals surface area contributed by atoms with Crippen molar-refractivity contribution in [3.8, 4) is 11.5 Å². The number of fused-ring (bicyclic) bond motifs is 2. The molecular weight excluding hydrogens is 252 g/mol. The molecule has 3 rings (SSSR count). The van der Waals surface area contributed by atoms with Gasteiger partial charge in [0.25, 0.3) is 0 Å². The van der Waals surface area contributed by atoms with Gasteiger partial charge in [-0.3, -0.25) is 9.59 Å². The number of aldehydes is 2. The average molecular weight is 266 g/mol. The highest BCUT2D eigenvalue weighted by molar-refractivity contribution is 5.85. The maximum atomic E-state index is 11.3. The van der Waals surface area contributed by atoms with Crippen LogP contribution in [0, 0.1) is 0 Å². The van der Waals surface area contributed by atoms with Crippen LogP contribution in [0.25, 0.3) is 0 Å². The molecule has 0 aromatic heterocycles. The molecular formula is C17H14O3. The minimum Gasteiger partial charge on any atom is -0.457 e. The Bertz CT molecular complexity index is 655. The SMILES string of the molecule is CC1(C)c2c(C=O)cccc2Oc2cccc(C=O)c21. The number of ether oxygens (including phenoxy) is 1. The van der Waals surface area contributed by atoms with Crippen molar-refractivity contribution in [2.24, 2.45) is 0 Å². The maximum Gasteiger partial charge on any atom is 0.150 e. The van der Waals surface area contributed by atoms with Crippen molar-refractivity contribution in [1.82, 2.24) is 0 Å². The Kier molecular flexibility index (Phi) is 2.71. The van der Waals surface area contributed by atoms with Gasteiger partial charge in [-0.2, -0.15) is 0 Å². The highest BCUT2D eigenvalue weighted by Gasteiger charge is 2.37. The van der Waals surface area contributed by atoms with E-state index in [1.165, 1.54) is 0 Å². The van der Waals surface area contributed by atoms with Crippen LogP contribution in [0.5, 0.6) is 11.5 Å².